The zero-order valence-electron chi connectivity index (χ0n) is 18.2. The predicted molar refractivity (Wildman–Crippen MR) is 115 cm³/mol. The molecule has 0 heterocycles. The molecule has 0 rings (SSSR count). The van der Waals surface area contributed by atoms with Crippen LogP contribution >= 0.6 is 0 Å². The first kappa shape index (κ1) is 26.4. The van der Waals surface area contributed by atoms with Crippen LogP contribution in [-0.2, 0) is 9.90 Å². The predicted octanol–water partition coefficient (Wildman–Crippen LogP) is 7.94. The van der Waals surface area contributed by atoms with Gasteiger partial charge in [-0.15, -0.1) is 0 Å². The van der Waals surface area contributed by atoms with Crippen LogP contribution in [-0.4, -0.2) is 17.7 Å². The average molecular weight is 384 g/mol. The minimum absolute atomic E-state index is 0.0964. The summed E-state index contributed by atoms with van der Waals surface area (Å²) in [5.74, 6) is -0.695. The van der Waals surface area contributed by atoms with Crippen molar-refractivity contribution in [3.63, 3.8) is 0 Å². The Bertz CT molecular complexity index is 304. The fraction of sp³-hybridized carbons (Fsp3) is 0.958. The van der Waals surface area contributed by atoms with Crippen molar-refractivity contribution in [2.75, 3.05) is 6.61 Å². The van der Waals surface area contributed by atoms with Gasteiger partial charge in [-0.1, -0.05) is 116 Å². The molecule has 27 heavy (non-hydrogen) atoms. The average Bonchev–Trinajstić information content (AvgIpc) is 2.66. The van der Waals surface area contributed by atoms with Crippen molar-refractivity contribution < 1.29 is 15.0 Å². The molecule has 0 saturated heterocycles. The first-order valence-electron chi connectivity index (χ1n) is 12.0. The largest absolute Gasteiger partial charge is 0.481 e. The molecule has 0 aromatic rings. The van der Waals surface area contributed by atoms with Crippen LogP contribution in [0.15, 0.2) is 0 Å². The van der Waals surface area contributed by atoms with Crippen molar-refractivity contribution >= 4 is 5.97 Å². The molecule has 3 nitrogen and oxygen atoms in total. The van der Waals surface area contributed by atoms with E-state index in [1.807, 2.05) is 0 Å². The summed E-state index contributed by atoms with van der Waals surface area (Å²) >= 11 is 0. The Hall–Kier alpha value is -0.570. The minimum atomic E-state index is -0.586. The highest BCUT2D eigenvalue weighted by Gasteiger charge is 2.16. The number of carbonyl (C=O) groups is 1. The normalized spacial score (nSPS) is 12.4. The second kappa shape index (κ2) is 21.7. The van der Waals surface area contributed by atoms with Crippen LogP contribution in [0.5, 0.6) is 0 Å². The zero-order chi connectivity index (χ0) is 20.0. The lowest BCUT2D eigenvalue weighted by atomic mass is 9.94. The molecular formula is C24H47O3. The zero-order valence-corrected chi connectivity index (χ0v) is 18.2. The molecule has 0 aromatic heterocycles. The number of hydrogen-bond donors (Lipinski definition) is 1. The standard InChI is InChI=1S/C24H47O3/c1-2-3-4-17-20-23(24(26)27)21-18-15-13-11-9-7-5-6-8-10-12-14-16-19-22-25/h23H,2-22H2,1H3,(H,26,27). The van der Waals surface area contributed by atoms with E-state index in [0.717, 1.165) is 38.5 Å². The summed E-state index contributed by atoms with van der Waals surface area (Å²) in [6, 6.07) is 0. The third-order valence-corrected chi connectivity index (χ3v) is 5.70. The Morgan fingerprint density at radius 3 is 1.26 bits per heavy atom. The van der Waals surface area contributed by atoms with Gasteiger partial charge in [0.1, 0.15) is 0 Å². The summed E-state index contributed by atoms with van der Waals surface area (Å²) in [6.45, 7) is 2.29. The second-order valence-corrected chi connectivity index (χ2v) is 8.33. The fourth-order valence-electron chi connectivity index (χ4n) is 3.82. The van der Waals surface area contributed by atoms with Gasteiger partial charge >= 0.3 is 5.97 Å². The quantitative estimate of drug-likeness (QED) is 0.193. The molecule has 3 heteroatoms. The van der Waals surface area contributed by atoms with Gasteiger partial charge in [0, 0.05) is 0 Å². The van der Waals surface area contributed by atoms with Crippen molar-refractivity contribution in [1.82, 2.24) is 0 Å². The Balaban J connectivity index is 3.31. The summed E-state index contributed by atoms with van der Waals surface area (Å²) in [5.41, 5.74) is 0. The highest BCUT2D eigenvalue weighted by molar-refractivity contribution is 5.69. The second-order valence-electron chi connectivity index (χ2n) is 8.33. The van der Waals surface area contributed by atoms with Crippen molar-refractivity contribution in [3.05, 3.63) is 0 Å². The lowest BCUT2D eigenvalue weighted by Gasteiger charge is -2.12. The monoisotopic (exact) mass is 383 g/mol. The lowest BCUT2D eigenvalue weighted by molar-refractivity contribution is -0.142. The highest BCUT2D eigenvalue weighted by Crippen LogP contribution is 2.19. The Labute approximate surface area is 169 Å². The van der Waals surface area contributed by atoms with E-state index in [-0.39, 0.29) is 12.5 Å². The van der Waals surface area contributed by atoms with Crippen LogP contribution < -0.4 is 0 Å². The maximum absolute atomic E-state index is 11.3. The van der Waals surface area contributed by atoms with E-state index < -0.39 is 5.97 Å². The Kier molecular flexibility index (Phi) is 21.3. The van der Waals surface area contributed by atoms with Crippen LogP contribution in [0.25, 0.3) is 0 Å². The molecule has 1 N–H and O–H groups in total. The van der Waals surface area contributed by atoms with Gasteiger partial charge in [-0.25, -0.2) is 5.11 Å². The Morgan fingerprint density at radius 2 is 0.926 bits per heavy atom. The van der Waals surface area contributed by atoms with E-state index in [9.17, 15) is 15.0 Å². The number of carboxylic acid groups (broad SMARTS) is 1. The third kappa shape index (κ3) is 20.0. The number of aliphatic carboxylic acids is 1. The molecular weight excluding hydrogens is 336 g/mol. The number of unbranched alkanes of at least 4 members (excludes halogenated alkanes) is 16. The number of rotatable bonds is 22. The van der Waals surface area contributed by atoms with Crippen LogP contribution in [0.3, 0.4) is 0 Å². The van der Waals surface area contributed by atoms with Gasteiger partial charge in [-0.3, -0.25) is 4.79 Å². The van der Waals surface area contributed by atoms with Gasteiger partial charge in [0.05, 0.1) is 12.5 Å². The fourth-order valence-corrected chi connectivity index (χ4v) is 3.82. The molecule has 1 radical (unpaired) electrons. The van der Waals surface area contributed by atoms with Crippen molar-refractivity contribution in [2.24, 2.45) is 5.92 Å². The van der Waals surface area contributed by atoms with Crippen molar-refractivity contribution in [3.8, 4) is 0 Å². The maximum atomic E-state index is 11.3. The van der Waals surface area contributed by atoms with Gasteiger partial charge in [-0.2, -0.15) is 0 Å². The smallest absolute Gasteiger partial charge is 0.306 e. The summed E-state index contributed by atoms with van der Waals surface area (Å²) in [4.78, 5) is 11.3. The summed E-state index contributed by atoms with van der Waals surface area (Å²) in [5, 5.41) is 19.7. The van der Waals surface area contributed by atoms with Gasteiger partial charge < -0.3 is 5.11 Å². The highest BCUT2D eigenvalue weighted by atomic mass is 16.4. The molecule has 0 fully saturated rings. The van der Waals surface area contributed by atoms with Crippen molar-refractivity contribution in [2.45, 2.75) is 135 Å². The summed E-state index contributed by atoms with van der Waals surface area (Å²) < 4.78 is 0. The number of hydrogen-bond acceptors (Lipinski definition) is 1. The molecule has 0 amide bonds. The summed E-state index contributed by atoms with van der Waals surface area (Å²) in [7, 11) is 0. The van der Waals surface area contributed by atoms with Crippen molar-refractivity contribution in [1.29, 1.82) is 0 Å². The van der Waals surface area contributed by atoms with Crippen LogP contribution in [0, 0.1) is 5.92 Å². The third-order valence-electron chi connectivity index (χ3n) is 5.70. The summed E-state index contributed by atoms with van der Waals surface area (Å²) in [6.07, 6.45) is 23.9. The molecule has 0 aliphatic carbocycles. The molecule has 0 spiro atoms. The lowest BCUT2D eigenvalue weighted by Crippen LogP contribution is -2.13. The van der Waals surface area contributed by atoms with Crippen LogP contribution in [0.2, 0.25) is 0 Å². The van der Waals surface area contributed by atoms with E-state index >= 15 is 0 Å². The first-order chi connectivity index (χ1) is 13.2. The van der Waals surface area contributed by atoms with Gasteiger partial charge in [0.15, 0.2) is 0 Å². The molecule has 0 bridgehead atoms. The molecule has 0 aromatic carbocycles. The Morgan fingerprint density at radius 1 is 0.593 bits per heavy atom. The van der Waals surface area contributed by atoms with Crippen LogP contribution in [0.1, 0.15) is 135 Å². The molecule has 1 unspecified atom stereocenters. The first-order valence-corrected chi connectivity index (χ1v) is 12.0. The van der Waals surface area contributed by atoms with E-state index in [1.54, 1.807) is 0 Å². The van der Waals surface area contributed by atoms with Gasteiger partial charge in [-0.05, 0) is 19.3 Å². The maximum Gasteiger partial charge on any atom is 0.306 e. The molecule has 161 valence electrons. The topological polar surface area (TPSA) is 57.2 Å². The molecule has 0 aliphatic heterocycles. The number of carboxylic acids is 1. The molecule has 0 aliphatic rings. The van der Waals surface area contributed by atoms with E-state index in [2.05, 4.69) is 6.92 Å². The van der Waals surface area contributed by atoms with E-state index in [4.69, 9.17) is 0 Å². The van der Waals surface area contributed by atoms with Crippen LogP contribution in [0.4, 0.5) is 0 Å². The minimum Gasteiger partial charge on any atom is -0.481 e. The van der Waals surface area contributed by atoms with E-state index in [0.29, 0.717) is 0 Å². The van der Waals surface area contributed by atoms with Gasteiger partial charge in [0.25, 0.3) is 0 Å². The SMILES string of the molecule is CCCCCCC(CCCCCCCCCCCCCCCC[O])C(=O)O. The van der Waals surface area contributed by atoms with E-state index in [1.165, 1.54) is 89.9 Å². The molecule has 0 saturated carbocycles. The van der Waals surface area contributed by atoms with Gasteiger partial charge in [0.2, 0.25) is 0 Å². The molecule has 1 atom stereocenters.